The van der Waals surface area contributed by atoms with Crippen molar-refractivity contribution in [1.29, 1.82) is 5.26 Å². The molecule has 0 spiro atoms. The topological polar surface area (TPSA) is 23.8 Å². The zero-order valence-electron chi connectivity index (χ0n) is 11.4. The van der Waals surface area contributed by atoms with E-state index in [0.29, 0.717) is 0 Å². The SMILES string of the molecule is C=C1CCCCCC1Cc1ccccc1.CC#N. The Morgan fingerprint density at radius 2 is 1.89 bits per heavy atom. The van der Waals surface area contributed by atoms with E-state index >= 15 is 0 Å². The maximum Gasteiger partial charge on any atom is 0.0587 e. The van der Waals surface area contributed by atoms with Crippen LogP contribution in [0.4, 0.5) is 0 Å². The van der Waals surface area contributed by atoms with Gasteiger partial charge in [0.2, 0.25) is 0 Å². The molecule has 18 heavy (non-hydrogen) atoms. The lowest BCUT2D eigenvalue weighted by atomic mass is 9.89. The highest BCUT2D eigenvalue weighted by Gasteiger charge is 2.15. The van der Waals surface area contributed by atoms with E-state index in [2.05, 4.69) is 36.9 Å². The third-order valence-corrected chi connectivity index (χ3v) is 3.45. The van der Waals surface area contributed by atoms with Crippen molar-refractivity contribution in [3.63, 3.8) is 0 Å². The first-order valence-corrected chi connectivity index (χ1v) is 6.80. The molecule has 1 atom stereocenters. The highest BCUT2D eigenvalue weighted by molar-refractivity contribution is 5.18. The van der Waals surface area contributed by atoms with Crippen LogP contribution in [-0.2, 0) is 6.42 Å². The molecule has 0 aromatic heterocycles. The molecule has 0 saturated heterocycles. The summed E-state index contributed by atoms with van der Waals surface area (Å²) in [7, 11) is 0. The van der Waals surface area contributed by atoms with Gasteiger partial charge in [0.05, 0.1) is 6.07 Å². The molecule has 1 fully saturated rings. The van der Waals surface area contributed by atoms with Gasteiger partial charge in [0, 0.05) is 6.92 Å². The molecule has 1 saturated carbocycles. The average Bonchev–Trinajstić information content (AvgIpc) is 2.57. The molecule has 1 heteroatoms. The average molecular weight is 241 g/mol. The van der Waals surface area contributed by atoms with E-state index in [1.165, 1.54) is 56.6 Å². The first-order chi connectivity index (χ1) is 8.77. The van der Waals surface area contributed by atoms with Gasteiger partial charge < -0.3 is 0 Å². The summed E-state index contributed by atoms with van der Waals surface area (Å²) < 4.78 is 0. The molecule has 0 N–H and O–H groups in total. The maximum atomic E-state index is 7.32. The number of hydrogen-bond donors (Lipinski definition) is 0. The zero-order chi connectivity index (χ0) is 13.2. The first-order valence-electron chi connectivity index (χ1n) is 6.80. The van der Waals surface area contributed by atoms with Crippen LogP contribution in [0.5, 0.6) is 0 Å². The molecule has 96 valence electrons. The van der Waals surface area contributed by atoms with Gasteiger partial charge in [0.25, 0.3) is 0 Å². The van der Waals surface area contributed by atoms with Gasteiger partial charge in [-0.3, -0.25) is 0 Å². The molecule has 0 amide bonds. The van der Waals surface area contributed by atoms with Gasteiger partial charge in [-0.2, -0.15) is 5.26 Å². The Kier molecular flexibility index (Phi) is 6.87. The summed E-state index contributed by atoms with van der Waals surface area (Å²) in [4.78, 5) is 0. The number of hydrogen-bond acceptors (Lipinski definition) is 1. The third kappa shape index (κ3) is 5.19. The van der Waals surface area contributed by atoms with Crippen molar-refractivity contribution in [3.8, 4) is 6.07 Å². The van der Waals surface area contributed by atoms with E-state index in [-0.39, 0.29) is 0 Å². The third-order valence-electron chi connectivity index (χ3n) is 3.45. The fourth-order valence-electron chi connectivity index (χ4n) is 2.47. The molecule has 1 aromatic rings. The molecule has 1 aromatic carbocycles. The van der Waals surface area contributed by atoms with Crippen LogP contribution in [0.25, 0.3) is 0 Å². The number of allylic oxidation sites excluding steroid dienone is 1. The Morgan fingerprint density at radius 3 is 2.56 bits per heavy atom. The van der Waals surface area contributed by atoms with Crippen LogP contribution < -0.4 is 0 Å². The summed E-state index contributed by atoms with van der Waals surface area (Å²) in [5, 5.41) is 7.32. The van der Waals surface area contributed by atoms with E-state index in [1.54, 1.807) is 6.07 Å². The van der Waals surface area contributed by atoms with Crippen LogP contribution in [0, 0.1) is 17.2 Å². The van der Waals surface area contributed by atoms with E-state index in [9.17, 15) is 0 Å². The molecule has 1 nitrogen and oxygen atoms in total. The first kappa shape index (κ1) is 14.5. The molecule has 1 aliphatic rings. The van der Waals surface area contributed by atoms with Gasteiger partial charge in [-0.25, -0.2) is 0 Å². The number of nitriles is 1. The van der Waals surface area contributed by atoms with E-state index < -0.39 is 0 Å². The monoisotopic (exact) mass is 241 g/mol. The van der Waals surface area contributed by atoms with E-state index in [4.69, 9.17) is 5.26 Å². The molecule has 0 aliphatic heterocycles. The second-order valence-corrected chi connectivity index (χ2v) is 4.87. The Bertz CT molecular complexity index is 386. The van der Waals surface area contributed by atoms with Crippen molar-refractivity contribution in [2.75, 3.05) is 0 Å². The molecule has 1 aliphatic carbocycles. The molecular weight excluding hydrogens is 218 g/mol. The van der Waals surface area contributed by atoms with Gasteiger partial charge in [-0.15, -0.1) is 0 Å². The Labute approximate surface area is 111 Å². The molecule has 0 bridgehead atoms. The van der Waals surface area contributed by atoms with Crippen molar-refractivity contribution in [3.05, 3.63) is 48.0 Å². The van der Waals surface area contributed by atoms with Crippen LogP contribution in [-0.4, -0.2) is 0 Å². The summed E-state index contributed by atoms with van der Waals surface area (Å²) in [6.45, 7) is 5.68. The lowest BCUT2D eigenvalue weighted by Crippen LogP contribution is -2.05. The number of nitrogens with zero attached hydrogens (tertiary/aromatic N) is 1. The van der Waals surface area contributed by atoms with Crippen molar-refractivity contribution in [1.82, 2.24) is 0 Å². The molecule has 0 heterocycles. The van der Waals surface area contributed by atoms with Crippen LogP contribution in [0.15, 0.2) is 42.5 Å². The molecular formula is C17H23N. The fourth-order valence-corrected chi connectivity index (χ4v) is 2.47. The Balaban J connectivity index is 0.000000492. The summed E-state index contributed by atoms with van der Waals surface area (Å²) in [5.41, 5.74) is 2.95. The number of benzene rings is 1. The minimum Gasteiger partial charge on any atom is -0.199 e. The second-order valence-electron chi connectivity index (χ2n) is 4.87. The van der Waals surface area contributed by atoms with Gasteiger partial charge in [0.15, 0.2) is 0 Å². The smallest absolute Gasteiger partial charge is 0.0587 e. The molecule has 2 rings (SSSR count). The quantitative estimate of drug-likeness (QED) is 0.534. The summed E-state index contributed by atoms with van der Waals surface area (Å²) in [6, 6.07) is 12.6. The predicted molar refractivity (Wildman–Crippen MR) is 77.1 cm³/mol. The van der Waals surface area contributed by atoms with Crippen molar-refractivity contribution < 1.29 is 0 Å². The molecule has 0 radical (unpaired) electrons. The lowest BCUT2D eigenvalue weighted by molar-refractivity contribution is 0.547. The minimum absolute atomic E-state index is 0.731. The van der Waals surface area contributed by atoms with Crippen LogP contribution >= 0.6 is 0 Å². The van der Waals surface area contributed by atoms with Gasteiger partial charge in [-0.1, -0.05) is 55.3 Å². The zero-order valence-corrected chi connectivity index (χ0v) is 11.4. The van der Waals surface area contributed by atoms with Crippen LogP contribution in [0.2, 0.25) is 0 Å². The van der Waals surface area contributed by atoms with Gasteiger partial charge in [-0.05, 0) is 37.2 Å². The second kappa shape index (κ2) is 8.53. The maximum absolute atomic E-state index is 7.32. The normalized spacial score (nSPS) is 19.1. The van der Waals surface area contributed by atoms with Crippen LogP contribution in [0.1, 0.15) is 44.6 Å². The minimum atomic E-state index is 0.731. The molecule has 1 unspecified atom stereocenters. The van der Waals surface area contributed by atoms with E-state index in [0.717, 1.165) is 5.92 Å². The van der Waals surface area contributed by atoms with Crippen molar-refractivity contribution in [2.45, 2.75) is 45.4 Å². The highest BCUT2D eigenvalue weighted by Crippen LogP contribution is 2.29. The summed E-state index contributed by atoms with van der Waals surface area (Å²) in [5.74, 6) is 0.731. The standard InChI is InChI=1S/C15H20.C2H3N/c1-13-8-4-2-7-11-15(13)12-14-9-5-3-6-10-14;1-2-3/h3,5-6,9-10,15H,1-2,4,7-8,11-12H2;1H3. The highest BCUT2D eigenvalue weighted by atomic mass is 14.2. The Hall–Kier alpha value is -1.55. The number of rotatable bonds is 2. The lowest BCUT2D eigenvalue weighted by Gasteiger charge is -2.16. The van der Waals surface area contributed by atoms with Gasteiger partial charge >= 0.3 is 0 Å². The van der Waals surface area contributed by atoms with E-state index in [1.807, 2.05) is 0 Å². The van der Waals surface area contributed by atoms with Crippen molar-refractivity contribution >= 4 is 0 Å². The Morgan fingerprint density at radius 1 is 1.22 bits per heavy atom. The van der Waals surface area contributed by atoms with Crippen LogP contribution in [0.3, 0.4) is 0 Å². The fraction of sp³-hybridized carbons (Fsp3) is 0.471. The van der Waals surface area contributed by atoms with Crippen molar-refractivity contribution in [2.24, 2.45) is 5.92 Å². The largest absolute Gasteiger partial charge is 0.199 e. The predicted octanol–water partition coefficient (Wildman–Crippen LogP) is 4.90. The summed E-state index contributed by atoms with van der Waals surface area (Å²) in [6.07, 6.45) is 7.91. The summed E-state index contributed by atoms with van der Waals surface area (Å²) >= 11 is 0. The van der Waals surface area contributed by atoms with Gasteiger partial charge in [0.1, 0.15) is 0 Å².